The largest absolute Gasteiger partial charge is 0.457 e. The molecule has 0 unspecified atom stereocenters. The van der Waals surface area contributed by atoms with Crippen molar-refractivity contribution in [3.8, 4) is 0 Å². The van der Waals surface area contributed by atoms with Crippen LogP contribution in [0.15, 0.2) is 47.4 Å². The molecule has 0 fully saturated rings. The molecule has 3 nitrogen and oxygen atoms in total. The molecule has 0 spiro atoms. The second kappa shape index (κ2) is 5.56. The highest BCUT2D eigenvalue weighted by Crippen LogP contribution is 2.23. The van der Waals surface area contributed by atoms with Gasteiger partial charge in [0.15, 0.2) is 0 Å². The molecule has 1 aromatic heterocycles. The van der Waals surface area contributed by atoms with E-state index in [1.807, 2.05) is 12.1 Å². The fourth-order valence-electron chi connectivity index (χ4n) is 1.51. The molecule has 0 bridgehead atoms. The van der Waals surface area contributed by atoms with E-state index in [4.69, 9.17) is 16.0 Å². The Labute approximate surface area is 110 Å². The van der Waals surface area contributed by atoms with Crippen molar-refractivity contribution >= 4 is 34.6 Å². The number of fused-ring (bicyclic) bond motifs is 1. The Bertz CT molecular complexity index is 613. The molecule has 2 rings (SSSR count). The predicted octanol–water partition coefficient (Wildman–Crippen LogP) is 3.40. The first-order valence-corrected chi connectivity index (χ1v) is 5.83. The van der Waals surface area contributed by atoms with Gasteiger partial charge < -0.3 is 9.73 Å². The van der Waals surface area contributed by atoms with Crippen molar-refractivity contribution in [1.29, 1.82) is 0 Å². The van der Waals surface area contributed by atoms with Crippen molar-refractivity contribution in [2.24, 2.45) is 0 Å². The van der Waals surface area contributed by atoms with Crippen LogP contribution in [0.2, 0.25) is 5.02 Å². The fourth-order valence-corrected chi connectivity index (χ4v) is 1.69. The van der Waals surface area contributed by atoms with Gasteiger partial charge in [-0.25, -0.2) is 0 Å². The number of hydrogen-bond donors (Lipinski definition) is 1. The quantitative estimate of drug-likeness (QED) is 0.677. The van der Waals surface area contributed by atoms with Crippen molar-refractivity contribution < 1.29 is 9.21 Å². The van der Waals surface area contributed by atoms with Gasteiger partial charge in [0, 0.05) is 23.0 Å². The zero-order chi connectivity index (χ0) is 13.0. The molecule has 0 aliphatic heterocycles. The van der Waals surface area contributed by atoms with Crippen LogP contribution in [-0.2, 0) is 4.79 Å². The number of furan rings is 1. The van der Waals surface area contributed by atoms with Crippen molar-refractivity contribution in [3.05, 3.63) is 53.8 Å². The third kappa shape index (κ3) is 3.02. The standard InChI is InChI=1S/C14H12ClNO2/c1-2-7-16-14(17)6-4-12-9-10-8-11(15)3-5-13(10)18-12/h2-6,8-9H,1,7H2,(H,16,17)/b6-4+. The van der Waals surface area contributed by atoms with Gasteiger partial charge in [-0.3, -0.25) is 4.79 Å². The van der Waals surface area contributed by atoms with Crippen LogP contribution in [-0.4, -0.2) is 12.5 Å². The lowest BCUT2D eigenvalue weighted by molar-refractivity contribution is -0.116. The first-order chi connectivity index (χ1) is 8.69. The van der Waals surface area contributed by atoms with Crippen molar-refractivity contribution in [2.45, 2.75) is 0 Å². The molecule has 1 aromatic carbocycles. The maximum Gasteiger partial charge on any atom is 0.244 e. The predicted molar refractivity (Wildman–Crippen MR) is 73.5 cm³/mol. The maximum absolute atomic E-state index is 11.3. The topological polar surface area (TPSA) is 42.2 Å². The summed E-state index contributed by atoms with van der Waals surface area (Å²) in [5.74, 6) is 0.425. The summed E-state index contributed by atoms with van der Waals surface area (Å²) < 4.78 is 5.53. The zero-order valence-corrected chi connectivity index (χ0v) is 10.4. The van der Waals surface area contributed by atoms with E-state index in [9.17, 15) is 4.79 Å². The van der Waals surface area contributed by atoms with E-state index in [1.165, 1.54) is 6.08 Å². The van der Waals surface area contributed by atoms with E-state index in [0.29, 0.717) is 17.3 Å². The molecule has 0 radical (unpaired) electrons. The van der Waals surface area contributed by atoms with Gasteiger partial charge in [0.2, 0.25) is 5.91 Å². The molecule has 0 atom stereocenters. The van der Waals surface area contributed by atoms with E-state index in [2.05, 4.69) is 11.9 Å². The first kappa shape index (κ1) is 12.5. The molecule has 18 heavy (non-hydrogen) atoms. The summed E-state index contributed by atoms with van der Waals surface area (Å²) in [4.78, 5) is 11.3. The molecule has 1 amide bonds. The lowest BCUT2D eigenvalue weighted by atomic mass is 10.2. The van der Waals surface area contributed by atoms with Crippen LogP contribution in [0, 0.1) is 0 Å². The summed E-state index contributed by atoms with van der Waals surface area (Å²) in [6, 6.07) is 7.21. The van der Waals surface area contributed by atoms with Gasteiger partial charge in [-0.1, -0.05) is 17.7 Å². The molecule has 0 saturated heterocycles. The highest BCUT2D eigenvalue weighted by Gasteiger charge is 2.02. The van der Waals surface area contributed by atoms with Crippen LogP contribution in [0.4, 0.5) is 0 Å². The van der Waals surface area contributed by atoms with Gasteiger partial charge >= 0.3 is 0 Å². The van der Waals surface area contributed by atoms with Crippen LogP contribution < -0.4 is 5.32 Å². The number of halogens is 1. The van der Waals surface area contributed by atoms with E-state index >= 15 is 0 Å². The molecule has 0 saturated carbocycles. The summed E-state index contributed by atoms with van der Waals surface area (Å²) >= 11 is 5.88. The minimum absolute atomic E-state index is 0.187. The number of amides is 1. The Morgan fingerprint density at radius 1 is 1.44 bits per heavy atom. The molecule has 0 aliphatic carbocycles. The average molecular weight is 262 g/mol. The van der Waals surface area contributed by atoms with Gasteiger partial charge in [-0.05, 0) is 30.3 Å². The van der Waals surface area contributed by atoms with Crippen LogP contribution in [0.1, 0.15) is 5.76 Å². The minimum Gasteiger partial charge on any atom is -0.457 e. The number of benzene rings is 1. The second-order valence-electron chi connectivity index (χ2n) is 3.70. The lowest BCUT2D eigenvalue weighted by Gasteiger charge is -1.93. The van der Waals surface area contributed by atoms with E-state index < -0.39 is 0 Å². The monoisotopic (exact) mass is 261 g/mol. The van der Waals surface area contributed by atoms with Crippen molar-refractivity contribution in [2.75, 3.05) is 6.54 Å². The Morgan fingerprint density at radius 3 is 3.06 bits per heavy atom. The normalized spacial score (nSPS) is 10.9. The summed E-state index contributed by atoms with van der Waals surface area (Å²) in [6.07, 6.45) is 4.66. The number of hydrogen-bond acceptors (Lipinski definition) is 2. The third-order valence-corrected chi connectivity index (χ3v) is 2.55. The Balaban J connectivity index is 2.14. The molecular formula is C14H12ClNO2. The summed E-state index contributed by atoms with van der Waals surface area (Å²) in [7, 11) is 0. The SMILES string of the molecule is C=CCNC(=O)/C=C/c1cc2cc(Cl)ccc2o1. The summed E-state index contributed by atoms with van der Waals surface area (Å²) in [6.45, 7) is 3.96. The fraction of sp³-hybridized carbons (Fsp3) is 0.0714. The molecule has 4 heteroatoms. The van der Waals surface area contributed by atoms with Gasteiger partial charge in [0.25, 0.3) is 0 Å². The molecule has 0 aliphatic rings. The molecule has 1 N–H and O–H groups in total. The smallest absolute Gasteiger partial charge is 0.244 e. The first-order valence-electron chi connectivity index (χ1n) is 5.45. The number of carbonyl (C=O) groups excluding carboxylic acids is 1. The van der Waals surface area contributed by atoms with Crippen LogP contribution in [0.3, 0.4) is 0 Å². The minimum atomic E-state index is -0.187. The summed E-state index contributed by atoms with van der Waals surface area (Å²) in [5.41, 5.74) is 0.741. The third-order valence-electron chi connectivity index (χ3n) is 2.32. The molecular weight excluding hydrogens is 250 g/mol. The van der Waals surface area contributed by atoms with Crippen LogP contribution >= 0.6 is 11.6 Å². The highest BCUT2D eigenvalue weighted by molar-refractivity contribution is 6.31. The number of rotatable bonds is 4. The van der Waals surface area contributed by atoms with Crippen molar-refractivity contribution in [3.63, 3.8) is 0 Å². The number of carbonyl (C=O) groups is 1. The summed E-state index contributed by atoms with van der Waals surface area (Å²) in [5, 5.41) is 4.20. The number of nitrogens with one attached hydrogen (secondary N) is 1. The molecule has 2 aromatic rings. The van der Waals surface area contributed by atoms with Gasteiger partial charge in [0.1, 0.15) is 11.3 Å². The van der Waals surface area contributed by atoms with Crippen LogP contribution in [0.25, 0.3) is 17.0 Å². The van der Waals surface area contributed by atoms with Gasteiger partial charge in [0.05, 0.1) is 0 Å². The lowest BCUT2D eigenvalue weighted by Crippen LogP contribution is -2.20. The molecule has 92 valence electrons. The van der Waals surface area contributed by atoms with Crippen molar-refractivity contribution in [1.82, 2.24) is 5.32 Å². The zero-order valence-electron chi connectivity index (χ0n) is 9.65. The van der Waals surface area contributed by atoms with E-state index in [0.717, 1.165) is 11.0 Å². The Kier molecular flexibility index (Phi) is 3.85. The van der Waals surface area contributed by atoms with Gasteiger partial charge in [-0.2, -0.15) is 0 Å². The highest BCUT2D eigenvalue weighted by atomic mass is 35.5. The van der Waals surface area contributed by atoms with Crippen LogP contribution in [0.5, 0.6) is 0 Å². The maximum atomic E-state index is 11.3. The Hall–Kier alpha value is -2.00. The van der Waals surface area contributed by atoms with E-state index in [1.54, 1.807) is 24.3 Å². The second-order valence-corrected chi connectivity index (χ2v) is 4.13. The van der Waals surface area contributed by atoms with E-state index in [-0.39, 0.29) is 5.91 Å². The molecule has 1 heterocycles. The Morgan fingerprint density at radius 2 is 2.28 bits per heavy atom. The average Bonchev–Trinajstić information content (AvgIpc) is 2.75. The van der Waals surface area contributed by atoms with Gasteiger partial charge in [-0.15, -0.1) is 6.58 Å².